The van der Waals surface area contributed by atoms with Crippen LogP contribution in [0.3, 0.4) is 0 Å². The molecule has 0 saturated heterocycles. The number of guanidine groups is 1. The predicted octanol–water partition coefficient (Wildman–Crippen LogP) is 2.72. The Balaban J connectivity index is 2.02. The molecule has 0 radical (unpaired) electrons. The van der Waals surface area contributed by atoms with Crippen molar-refractivity contribution in [1.29, 1.82) is 0 Å². The molecule has 0 heterocycles. The summed E-state index contributed by atoms with van der Waals surface area (Å²) >= 11 is 0. The summed E-state index contributed by atoms with van der Waals surface area (Å²) in [5.41, 5.74) is 1.14. The van der Waals surface area contributed by atoms with E-state index in [-0.39, 0.29) is 11.8 Å². The lowest BCUT2D eigenvalue weighted by molar-refractivity contribution is 0.581. The summed E-state index contributed by atoms with van der Waals surface area (Å²) in [7, 11) is -2.94. The van der Waals surface area contributed by atoms with E-state index in [9.17, 15) is 8.42 Å². The molecule has 2 N–H and O–H groups in total. The van der Waals surface area contributed by atoms with Gasteiger partial charge in [-0.15, -0.1) is 0 Å². The van der Waals surface area contributed by atoms with Gasteiger partial charge in [-0.05, 0) is 42.7 Å². The minimum Gasteiger partial charge on any atom is -0.357 e. The lowest BCUT2D eigenvalue weighted by atomic mass is 10.1. The van der Waals surface area contributed by atoms with E-state index in [1.54, 1.807) is 0 Å². The third-order valence-corrected chi connectivity index (χ3v) is 4.86. The summed E-state index contributed by atoms with van der Waals surface area (Å²) in [6.07, 6.45) is 1.82. The van der Waals surface area contributed by atoms with Crippen LogP contribution >= 0.6 is 0 Å². The molecule has 136 valence electrons. The summed E-state index contributed by atoms with van der Waals surface area (Å²) in [6.45, 7) is 5.30. The molecule has 0 aliphatic rings. The standard InChI is InChI=1S/C19H27N3O2S/c1-4-20-19(22-15(2)11-12-25(3,23)24)21-14-16-9-10-17-7-5-6-8-18(17)13-16/h5-10,13,15H,4,11-12,14H2,1-3H3,(H2,20,21,22). The maximum atomic E-state index is 11.3. The highest BCUT2D eigenvalue weighted by atomic mass is 32.2. The van der Waals surface area contributed by atoms with Crippen LogP contribution in [0.25, 0.3) is 10.8 Å². The lowest BCUT2D eigenvalue weighted by Gasteiger charge is -2.17. The Kier molecular flexibility index (Phi) is 6.82. The van der Waals surface area contributed by atoms with Gasteiger partial charge in [0, 0.05) is 18.8 Å². The van der Waals surface area contributed by atoms with Gasteiger partial charge in [0.15, 0.2) is 5.96 Å². The molecule has 0 bridgehead atoms. The number of rotatable bonds is 7. The maximum Gasteiger partial charge on any atom is 0.191 e. The molecule has 0 aromatic heterocycles. The molecule has 0 spiro atoms. The van der Waals surface area contributed by atoms with Crippen LogP contribution in [0.4, 0.5) is 0 Å². The second kappa shape index (κ2) is 8.85. The lowest BCUT2D eigenvalue weighted by Crippen LogP contribution is -2.42. The van der Waals surface area contributed by atoms with Crippen LogP contribution in [-0.2, 0) is 16.4 Å². The fourth-order valence-electron chi connectivity index (χ4n) is 2.52. The third-order valence-electron chi connectivity index (χ3n) is 3.88. The van der Waals surface area contributed by atoms with E-state index in [2.05, 4.69) is 46.0 Å². The second-order valence-electron chi connectivity index (χ2n) is 6.34. The van der Waals surface area contributed by atoms with Crippen molar-refractivity contribution >= 4 is 26.6 Å². The molecule has 0 fully saturated rings. The molecule has 6 heteroatoms. The van der Waals surface area contributed by atoms with Crippen molar-refractivity contribution in [2.45, 2.75) is 32.9 Å². The minimum atomic E-state index is -2.94. The van der Waals surface area contributed by atoms with Gasteiger partial charge in [0.05, 0.1) is 12.3 Å². The smallest absolute Gasteiger partial charge is 0.191 e. The first kappa shape index (κ1) is 19.2. The van der Waals surface area contributed by atoms with E-state index in [0.717, 1.165) is 12.1 Å². The van der Waals surface area contributed by atoms with Crippen molar-refractivity contribution in [3.63, 3.8) is 0 Å². The monoisotopic (exact) mass is 361 g/mol. The first-order valence-electron chi connectivity index (χ1n) is 8.57. The van der Waals surface area contributed by atoms with Crippen molar-refractivity contribution in [2.24, 2.45) is 4.99 Å². The highest BCUT2D eigenvalue weighted by molar-refractivity contribution is 7.90. The molecular formula is C19H27N3O2S. The van der Waals surface area contributed by atoms with E-state index < -0.39 is 9.84 Å². The Bertz CT molecular complexity index is 831. The maximum absolute atomic E-state index is 11.3. The molecule has 25 heavy (non-hydrogen) atoms. The number of nitrogens with zero attached hydrogens (tertiary/aromatic N) is 1. The number of fused-ring (bicyclic) bond motifs is 1. The number of hydrogen-bond donors (Lipinski definition) is 2. The fourth-order valence-corrected chi connectivity index (χ4v) is 3.31. The Morgan fingerprint density at radius 1 is 1.16 bits per heavy atom. The van der Waals surface area contributed by atoms with E-state index in [1.807, 2.05) is 26.0 Å². The van der Waals surface area contributed by atoms with Crippen molar-refractivity contribution in [1.82, 2.24) is 10.6 Å². The normalized spacial score (nSPS) is 13.6. The molecular weight excluding hydrogens is 334 g/mol. The molecule has 2 aromatic rings. The summed E-state index contributed by atoms with van der Waals surface area (Å²) in [5.74, 6) is 0.877. The zero-order valence-corrected chi connectivity index (χ0v) is 15.9. The van der Waals surface area contributed by atoms with Gasteiger partial charge in [-0.1, -0.05) is 36.4 Å². The topological polar surface area (TPSA) is 70.6 Å². The van der Waals surface area contributed by atoms with Crippen molar-refractivity contribution in [3.8, 4) is 0 Å². The van der Waals surface area contributed by atoms with E-state index in [0.29, 0.717) is 18.9 Å². The molecule has 1 unspecified atom stereocenters. The van der Waals surface area contributed by atoms with Crippen molar-refractivity contribution < 1.29 is 8.42 Å². The van der Waals surface area contributed by atoms with Gasteiger partial charge >= 0.3 is 0 Å². The van der Waals surface area contributed by atoms with Crippen molar-refractivity contribution in [2.75, 3.05) is 18.6 Å². The summed E-state index contributed by atoms with van der Waals surface area (Å²) in [5, 5.41) is 8.90. The minimum absolute atomic E-state index is 0.0316. The molecule has 2 aromatic carbocycles. The zero-order valence-electron chi connectivity index (χ0n) is 15.1. The SMILES string of the molecule is CCNC(=NCc1ccc2ccccc2c1)NC(C)CCS(C)(=O)=O. The first-order valence-corrected chi connectivity index (χ1v) is 10.6. The third kappa shape index (κ3) is 6.74. The Labute approximate surface area is 150 Å². The number of nitrogens with one attached hydrogen (secondary N) is 2. The van der Waals surface area contributed by atoms with Crippen molar-refractivity contribution in [3.05, 3.63) is 48.0 Å². The van der Waals surface area contributed by atoms with Crippen LogP contribution in [0.1, 0.15) is 25.8 Å². The number of hydrogen-bond acceptors (Lipinski definition) is 3. The average Bonchev–Trinajstić information content (AvgIpc) is 2.57. The Morgan fingerprint density at radius 2 is 1.88 bits per heavy atom. The van der Waals surface area contributed by atoms with E-state index in [1.165, 1.54) is 17.0 Å². The number of benzene rings is 2. The highest BCUT2D eigenvalue weighted by Crippen LogP contribution is 2.16. The first-order chi connectivity index (χ1) is 11.9. The molecule has 0 saturated carbocycles. The van der Waals surface area contributed by atoms with Crippen LogP contribution in [0.2, 0.25) is 0 Å². The van der Waals surface area contributed by atoms with Gasteiger partial charge in [-0.3, -0.25) is 0 Å². The Morgan fingerprint density at radius 3 is 2.56 bits per heavy atom. The van der Waals surface area contributed by atoms with Crippen LogP contribution in [-0.4, -0.2) is 39.0 Å². The molecule has 5 nitrogen and oxygen atoms in total. The van der Waals surface area contributed by atoms with Gasteiger partial charge in [0.1, 0.15) is 9.84 Å². The number of aliphatic imine (C=N–C) groups is 1. The number of sulfone groups is 1. The van der Waals surface area contributed by atoms with Crippen LogP contribution in [0.15, 0.2) is 47.5 Å². The molecule has 0 aliphatic carbocycles. The second-order valence-corrected chi connectivity index (χ2v) is 8.60. The van der Waals surface area contributed by atoms with Gasteiger partial charge in [-0.2, -0.15) is 0 Å². The highest BCUT2D eigenvalue weighted by Gasteiger charge is 2.09. The average molecular weight is 362 g/mol. The molecule has 1 atom stereocenters. The van der Waals surface area contributed by atoms with Gasteiger partial charge < -0.3 is 10.6 Å². The molecule has 0 amide bonds. The van der Waals surface area contributed by atoms with Crippen LogP contribution in [0.5, 0.6) is 0 Å². The van der Waals surface area contributed by atoms with E-state index >= 15 is 0 Å². The largest absolute Gasteiger partial charge is 0.357 e. The van der Waals surface area contributed by atoms with Gasteiger partial charge in [-0.25, -0.2) is 13.4 Å². The predicted molar refractivity (Wildman–Crippen MR) is 106 cm³/mol. The van der Waals surface area contributed by atoms with Crippen LogP contribution < -0.4 is 10.6 Å². The quantitative estimate of drug-likeness (QED) is 0.588. The van der Waals surface area contributed by atoms with Crippen LogP contribution in [0, 0.1) is 0 Å². The Hall–Kier alpha value is -2.08. The van der Waals surface area contributed by atoms with Gasteiger partial charge in [0.2, 0.25) is 0 Å². The van der Waals surface area contributed by atoms with E-state index in [4.69, 9.17) is 0 Å². The summed E-state index contributed by atoms with van der Waals surface area (Å²) < 4.78 is 22.6. The van der Waals surface area contributed by atoms with Gasteiger partial charge in [0.25, 0.3) is 0 Å². The molecule has 0 aliphatic heterocycles. The summed E-state index contributed by atoms with van der Waals surface area (Å²) in [6, 6.07) is 14.6. The zero-order chi connectivity index (χ0) is 18.3. The summed E-state index contributed by atoms with van der Waals surface area (Å²) in [4.78, 5) is 4.62. The fraction of sp³-hybridized carbons (Fsp3) is 0.421. The molecule has 2 rings (SSSR count).